The van der Waals surface area contributed by atoms with E-state index in [0.29, 0.717) is 11.4 Å². The number of carbonyl (C=O) groups is 3. The smallest absolute Gasteiger partial charge is 0.311 e. The Morgan fingerprint density at radius 1 is 1.13 bits per heavy atom. The molecule has 1 fully saturated rings. The van der Waals surface area contributed by atoms with Crippen LogP contribution >= 0.6 is 0 Å². The molecule has 1 N–H and O–H groups in total. The SMILES string of the molecule is Cc1ccc(C)c(NC(=O)COC(=O)[C@H]2CC(=O)N(c3ccc(OC(C)C)cc3)C2)c1. The Morgan fingerprint density at radius 2 is 1.84 bits per heavy atom. The maximum Gasteiger partial charge on any atom is 0.311 e. The van der Waals surface area contributed by atoms with Gasteiger partial charge in [-0.3, -0.25) is 14.4 Å². The Bertz CT molecular complexity index is 968. The average molecular weight is 424 g/mol. The number of benzene rings is 2. The molecule has 2 aromatic carbocycles. The number of rotatable bonds is 7. The fourth-order valence-electron chi connectivity index (χ4n) is 3.40. The van der Waals surface area contributed by atoms with E-state index in [2.05, 4.69) is 5.32 Å². The molecule has 2 amide bonds. The summed E-state index contributed by atoms with van der Waals surface area (Å²) in [7, 11) is 0. The first-order valence-electron chi connectivity index (χ1n) is 10.3. The molecule has 0 bridgehead atoms. The summed E-state index contributed by atoms with van der Waals surface area (Å²) in [5, 5.41) is 2.75. The van der Waals surface area contributed by atoms with Gasteiger partial charge < -0.3 is 19.7 Å². The fraction of sp³-hybridized carbons (Fsp3) is 0.375. The molecule has 0 saturated carbocycles. The average Bonchev–Trinajstić information content (AvgIpc) is 3.11. The van der Waals surface area contributed by atoms with E-state index < -0.39 is 24.4 Å². The van der Waals surface area contributed by atoms with Crippen LogP contribution in [0.5, 0.6) is 5.75 Å². The third-order valence-electron chi connectivity index (χ3n) is 4.99. The number of amides is 2. The second kappa shape index (κ2) is 9.64. The van der Waals surface area contributed by atoms with E-state index in [-0.39, 0.29) is 25.0 Å². The van der Waals surface area contributed by atoms with Crippen LogP contribution < -0.4 is 15.0 Å². The molecule has 31 heavy (non-hydrogen) atoms. The Morgan fingerprint density at radius 3 is 2.52 bits per heavy atom. The van der Waals surface area contributed by atoms with Crippen molar-refractivity contribution in [1.82, 2.24) is 0 Å². The highest BCUT2D eigenvalue weighted by Crippen LogP contribution is 2.28. The van der Waals surface area contributed by atoms with E-state index in [1.54, 1.807) is 29.2 Å². The standard InChI is InChI=1S/C24H28N2O5/c1-15(2)31-20-9-7-19(8-10-20)26-13-18(12-23(26)28)24(29)30-14-22(27)25-21-11-16(3)5-6-17(21)4/h5-11,15,18H,12-14H2,1-4H3,(H,25,27)/t18-/m0/s1. The molecular weight excluding hydrogens is 396 g/mol. The van der Waals surface area contributed by atoms with E-state index in [1.807, 2.05) is 45.9 Å². The molecule has 2 aromatic rings. The highest BCUT2D eigenvalue weighted by atomic mass is 16.5. The van der Waals surface area contributed by atoms with Crippen molar-refractivity contribution in [2.75, 3.05) is 23.4 Å². The summed E-state index contributed by atoms with van der Waals surface area (Å²) < 4.78 is 10.8. The summed E-state index contributed by atoms with van der Waals surface area (Å²) >= 11 is 0. The summed E-state index contributed by atoms with van der Waals surface area (Å²) in [5.74, 6) is -1.00. The zero-order chi connectivity index (χ0) is 22.5. The van der Waals surface area contributed by atoms with Crippen molar-refractivity contribution >= 4 is 29.2 Å². The monoisotopic (exact) mass is 424 g/mol. The van der Waals surface area contributed by atoms with Crippen LogP contribution in [-0.2, 0) is 19.1 Å². The van der Waals surface area contributed by atoms with E-state index in [4.69, 9.17) is 9.47 Å². The van der Waals surface area contributed by atoms with E-state index in [0.717, 1.165) is 16.9 Å². The van der Waals surface area contributed by atoms with Crippen molar-refractivity contribution in [3.05, 3.63) is 53.6 Å². The molecule has 1 aliphatic heterocycles. The number of hydrogen-bond donors (Lipinski definition) is 1. The molecule has 1 heterocycles. The van der Waals surface area contributed by atoms with E-state index in [9.17, 15) is 14.4 Å². The predicted octanol–water partition coefficient (Wildman–Crippen LogP) is 3.63. The molecule has 1 atom stereocenters. The number of hydrogen-bond acceptors (Lipinski definition) is 5. The Labute approximate surface area is 182 Å². The van der Waals surface area contributed by atoms with Crippen LogP contribution in [0.4, 0.5) is 11.4 Å². The summed E-state index contributed by atoms with van der Waals surface area (Å²) in [4.78, 5) is 38.6. The quantitative estimate of drug-likeness (QED) is 0.686. The molecule has 0 spiro atoms. The van der Waals surface area contributed by atoms with Crippen molar-refractivity contribution in [2.45, 2.75) is 40.2 Å². The van der Waals surface area contributed by atoms with Gasteiger partial charge in [-0.2, -0.15) is 0 Å². The fourth-order valence-corrected chi connectivity index (χ4v) is 3.40. The molecule has 7 heteroatoms. The maximum atomic E-state index is 12.4. The van der Waals surface area contributed by atoms with E-state index >= 15 is 0 Å². The van der Waals surface area contributed by atoms with Crippen molar-refractivity contribution in [3.8, 4) is 5.75 Å². The molecule has 0 unspecified atom stereocenters. The van der Waals surface area contributed by atoms with Gasteiger partial charge in [0, 0.05) is 24.3 Å². The summed E-state index contributed by atoms with van der Waals surface area (Å²) in [6.45, 7) is 7.54. The largest absolute Gasteiger partial charge is 0.491 e. The van der Waals surface area contributed by atoms with Gasteiger partial charge >= 0.3 is 5.97 Å². The lowest BCUT2D eigenvalue weighted by molar-refractivity contribution is -0.151. The van der Waals surface area contributed by atoms with E-state index in [1.165, 1.54) is 0 Å². The van der Waals surface area contributed by atoms with Crippen molar-refractivity contribution in [3.63, 3.8) is 0 Å². The predicted molar refractivity (Wildman–Crippen MR) is 118 cm³/mol. The topological polar surface area (TPSA) is 84.9 Å². The van der Waals surface area contributed by atoms with Crippen molar-refractivity contribution < 1.29 is 23.9 Å². The van der Waals surface area contributed by atoms with Crippen LogP contribution in [0.25, 0.3) is 0 Å². The Kier molecular flexibility index (Phi) is 6.95. The molecule has 164 valence electrons. The molecule has 3 rings (SSSR count). The van der Waals surface area contributed by atoms with Gasteiger partial charge in [-0.1, -0.05) is 12.1 Å². The van der Waals surface area contributed by atoms with Gasteiger partial charge in [0.2, 0.25) is 5.91 Å². The minimum absolute atomic E-state index is 0.0572. The molecule has 0 aromatic heterocycles. The van der Waals surface area contributed by atoms with Gasteiger partial charge in [0.1, 0.15) is 5.75 Å². The molecular formula is C24H28N2O5. The molecule has 0 aliphatic carbocycles. The van der Waals surface area contributed by atoms with Gasteiger partial charge in [-0.15, -0.1) is 0 Å². The summed E-state index contributed by atoms with van der Waals surface area (Å²) in [6.07, 6.45) is 0.118. The Hall–Kier alpha value is -3.35. The third-order valence-corrected chi connectivity index (χ3v) is 4.99. The zero-order valence-corrected chi connectivity index (χ0v) is 18.3. The van der Waals surface area contributed by atoms with Crippen LogP contribution in [-0.4, -0.2) is 37.0 Å². The Balaban J connectivity index is 1.53. The lowest BCUT2D eigenvalue weighted by Gasteiger charge is -2.17. The minimum atomic E-state index is -0.604. The number of nitrogens with zero attached hydrogens (tertiary/aromatic N) is 1. The minimum Gasteiger partial charge on any atom is -0.491 e. The number of nitrogens with one attached hydrogen (secondary N) is 1. The van der Waals surface area contributed by atoms with Crippen LogP contribution in [0.15, 0.2) is 42.5 Å². The lowest BCUT2D eigenvalue weighted by Crippen LogP contribution is -2.28. The molecule has 7 nitrogen and oxygen atoms in total. The van der Waals surface area contributed by atoms with Crippen LogP contribution in [0.1, 0.15) is 31.4 Å². The zero-order valence-electron chi connectivity index (χ0n) is 18.3. The van der Waals surface area contributed by atoms with Crippen LogP contribution in [0.3, 0.4) is 0 Å². The van der Waals surface area contributed by atoms with Gasteiger partial charge in [-0.25, -0.2) is 0 Å². The van der Waals surface area contributed by atoms with Gasteiger partial charge in [0.15, 0.2) is 6.61 Å². The number of anilines is 2. The maximum absolute atomic E-state index is 12.4. The van der Waals surface area contributed by atoms with Crippen molar-refractivity contribution in [2.24, 2.45) is 5.92 Å². The summed E-state index contributed by atoms with van der Waals surface area (Å²) in [6, 6.07) is 12.9. The highest BCUT2D eigenvalue weighted by molar-refractivity contribution is 6.00. The summed E-state index contributed by atoms with van der Waals surface area (Å²) in [5.41, 5.74) is 3.33. The normalized spacial score (nSPS) is 15.8. The van der Waals surface area contributed by atoms with Gasteiger partial charge in [-0.05, 0) is 69.2 Å². The highest BCUT2D eigenvalue weighted by Gasteiger charge is 2.36. The number of aryl methyl sites for hydroxylation is 2. The van der Waals surface area contributed by atoms with Gasteiger partial charge in [0.05, 0.1) is 12.0 Å². The number of esters is 1. The number of carbonyl (C=O) groups excluding carboxylic acids is 3. The molecule has 1 aliphatic rings. The first-order chi connectivity index (χ1) is 14.7. The molecule has 1 saturated heterocycles. The first-order valence-corrected chi connectivity index (χ1v) is 10.3. The van der Waals surface area contributed by atoms with Gasteiger partial charge in [0.25, 0.3) is 5.91 Å². The number of ether oxygens (including phenoxy) is 2. The van der Waals surface area contributed by atoms with Crippen molar-refractivity contribution in [1.29, 1.82) is 0 Å². The first kappa shape index (κ1) is 22.3. The van der Waals surface area contributed by atoms with Crippen LogP contribution in [0, 0.1) is 19.8 Å². The second-order valence-corrected chi connectivity index (χ2v) is 8.04. The molecule has 0 radical (unpaired) electrons. The lowest BCUT2D eigenvalue weighted by atomic mass is 10.1. The second-order valence-electron chi connectivity index (χ2n) is 8.04. The van der Waals surface area contributed by atoms with Crippen LogP contribution in [0.2, 0.25) is 0 Å². The third kappa shape index (κ3) is 5.84.